The molecule has 0 unspecified atom stereocenters. The third kappa shape index (κ3) is 10.5. The minimum absolute atomic E-state index is 0.0808. The van der Waals surface area contributed by atoms with E-state index in [1.165, 1.54) is 0 Å². The van der Waals surface area contributed by atoms with Gasteiger partial charge in [0.2, 0.25) is 11.8 Å². The lowest BCUT2D eigenvalue weighted by Crippen LogP contribution is -2.65. The van der Waals surface area contributed by atoms with Crippen LogP contribution in [0.4, 0.5) is 0 Å². The average Bonchev–Trinajstić information content (AvgIpc) is 2.96. The molecule has 2 aromatic carbocycles. The van der Waals surface area contributed by atoms with Crippen molar-refractivity contribution in [3.05, 3.63) is 69.7 Å². The van der Waals surface area contributed by atoms with Gasteiger partial charge in [0.05, 0.1) is 12.1 Å². The van der Waals surface area contributed by atoms with Crippen LogP contribution < -0.4 is 22.5 Å². The molecular formula is C32H48Cl2N6O2. The lowest BCUT2D eigenvalue weighted by atomic mass is 9.93. The van der Waals surface area contributed by atoms with Gasteiger partial charge in [-0.3, -0.25) is 9.59 Å². The van der Waals surface area contributed by atoms with Crippen LogP contribution >= 0.6 is 23.2 Å². The van der Waals surface area contributed by atoms with E-state index in [0.717, 1.165) is 49.9 Å². The van der Waals surface area contributed by atoms with Crippen molar-refractivity contribution in [1.29, 1.82) is 0 Å². The molecule has 2 aromatic rings. The first kappa shape index (κ1) is 34.3. The van der Waals surface area contributed by atoms with E-state index in [-0.39, 0.29) is 23.9 Å². The monoisotopic (exact) mass is 618 g/mol. The smallest absolute Gasteiger partial charge is 0.240 e. The standard InChI is InChI=1S/C32H48Cl2N6O2/c1-22(2)17-28-21-39(31(41)29(36)18-23-6-10-25(33)11-7-23)27(5-3-4-15-38-16-14-35)20-40(28)32(42)30(37)19-24-8-12-26(34)13-9-24/h6-13,22,27-30,38H,3-5,14-21,35-37H2,1-2H3/t27-,28+,29+,30+/m0/s1. The molecule has 8 nitrogen and oxygen atoms in total. The van der Waals surface area contributed by atoms with Crippen LogP contribution in [-0.2, 0) is 22.4 Å². The van der Waals surface area contributed by atoms with Gasteiger partial charge >= 0.3 is 0 Å². The Balaban J connectivity index is 1.78. The minimum Gasteiger partial charge on any atom is -0.335 e. The van der Waals surface area contributed by atoms with Gasteiger partial charge in [-0.1, -0.05) is 67.7 Å². The Bertz CT molecular complexity index is 1110. The zero-order valence-corrected chi connectivity index (χ0v) is 26.5. The van der Waals surface area contributed by atoms with E-state index in [9.17, 15) is 9.59 Å². The van der Waals surface area contributed by atoms with Crippen molar-refractivity contribution in [1.82, 2.24) is 15.1 Å². The molecule has 4 atom stereocenters. The van der Waals surface area contributed by atoms with Crippen molar-refractivity contribution < 1.29 is 9.59 Å². The highest BCUT2D eigenvalue weighted by molar-refractivity contribution is 6.30. The number of unbranched alkanes of at least 4 members (excludes halogenated alkanes) is 1. The summed E-state index contributed by atoms with van der Waals surface area (Å²) < 4.78 is 0. The van der Waals surface area contributed by atoms with Crippen LogP contribution in [0.1, 0.15) is 50.7 Å². The van der Waals surface area contributed by atoms with Crippen LogP contribution in [0.5, 0.6) is 0 Å². The van der Waals surface area contributed by atoms with E-state index < -0.39 is 12.1 Å². The van der Waals surface area contributed by atoms with Crippen molar-refractivity contribution in [2.45, 2.75) is 76.5 Å². The maximum absolute atomic E-state index is 13.9. The third-order valence-corrected chi connectivity index (χ3v) is 8.34. The number of piperazine rings is 1. The van der Waals surface area contributed by atoms with E-state index in [0.29, 0.717) is 48.4 Å². The van der Waals surface area contributed by atoms with Crippen LogP contribution in [0, 0.1) is 5.92 Å². The first-order valence-electron chi connectivity index (χ1n) is 15.1. The maximum atomic E-state index is 13.9. The van der Waals surface area contributed by atoms with E-state index in [1.54, 1.807) is 0 Å². The summed E-state index contributed by atoms with van der Waals surface area (Å²) in [7, 11) is 0. The summed E-state index contributed by atoms with van der Waals surface area (Å²) in [5.41, 5.74) is 20.5. The van der Waals surface area contributed by atoms with Gasteiger partial charge in [-0.25, -0.2) is 0 Å². The van der Waals surface area contributed by atoms with Crippen LogP contribution in [0.15, 0.2) is 48.5 Å². The number of benzene rings is 2. The molecule has 7 N–H and O–H groups in total. The average molecular weight is 620 g/mol. The SMILES string of the molecule is CC(C)C[C@@H]1CN(C(=O)[C@H](N)Cc2ccc(Cl)cc2)[C@@H](CCCCNCCN)CN1C(=O)[C@H](N)Cc1ccc(Cl)cc1. The second-order valence-electron chi connectivity index (χ2n) is 11.8. The van der Waals surface area contributed by atoms with Crippen LogP contribution in [0.2, 0.25) is 10.0 Å². The minimum atomic E-state index is -0.686. The first-order valence-corrected chi connectivity index (χ1v) is 15.9. The quantitative estimate of drug-likeness (QED) is 0.226. The highest BCUT2D eigenvalue weighted by Gasteiger charge is 2.40. The van der Waals surface area contributed by atoms with Crippen molar-refractivity contribution in [3.63, 3.8) is 0 Å². The number of rotatable bonds is 15. The number of nitrogens with zero attached hydrogens (tertiary/aromatic N) is 2. The molecular weight excluding hydrogens is 571 g/mol. The molecule has 232 valence electrons. The fourth-order valence-corrected chi connectivity index (χ4v) is 5.94. The van der Waals surface area contributed by atoms with Gasteiger partial charge in [-0.15, -0.1) is 0 Å². The predicted molar refractivity (Wildman–Crippen MR) is 172 cm³/mol. The second-order valence-corrected chi connectivity index (χ2v) is 12.7. The maximum Gasteiger partial charge on any atom is 0.240 e. The van der Waals surface area contributed by atoms with Crippen LogP contribution in [-0.4, -0.2) is 78.5 Å². The van der Waals surface area contributed by atoms with Gasteiger partial charge in [0, 0.05) is 48.3 Å². The lowest BCUT2D eigenvalue weighted by molar-refractivity contribution is -0.149. The molecule has 42 heavy (non-hydrogen) atoms. The summed E-state index contributed by atoms with van der Waals surface area (Å²) in [6, 6.07) is 13.2. The lowest BCUT2D eigenvalue weighted by Gasteiger charge is -2.48. The van der Waals surface area contributed by atoms with Crippen molar-refractivity contribution in [2.24, 2.45) is 23.1 Å². The predicted octanol–water partition coefficient (Wildman–Crippen LogP) is 3.61. The van der Waals surface area contributed by atoms with E-state index in [1.807, 2.05) is 58.3 Å². The van der Waals surface area contributed by atoms with Gasteiger partial charge in [-0.2, -0.15) is 0 Å². The molecule has 0 bridgehead atoms. The normalized spacial score (nSPS) is 18.8. The zero-order chi connectivity index (χ0) is 30.6. The molecule has 1 aliphatic heterocycles. The van der Waals surface area contributed by atoms with Crippen molar-refractivity contribution in [2.75, 3.05) is 32.7 Å². The summed E-state index contributed by atoms with van der Waals surface area (Å²) >= 11 is 12.1. The molecule has 3 rings (SSSR count). The highest BCUT2D eigenvalue weighted by Crippen LogP contribution is 2.26. The van der Waals surface area contributed by atoms with Gasteiger partial charge < -0.3 is 32.3 Å². The summed E-state index contributed by atoms with van der Waals surface area (Å²) in [6.45, 7) is 7.39. The Hall–Kier alpha value is -2.20. The number of amides is 2. The van der Waals surface area contributed by atoms with Gasteiger partial charge in [0.1, 0.15) is 0 Å². The van der Waals surface area contributed by atoms with Gasteiger partial charge in [0.25, 0.3) is 0 Å². The Kier molecular flexibility index (Phi) is 14.0. The molecule has 0 radical (unpaired) electrons. The largest absolute Gasteiger partial charge is 0.335 e. The molecule has 0 saturated carbocycles. The molecule has 1 saturated heterocycles. The van der Waals surface area contributed by atoms with E-state index in [2.05, 4.69) is 19.2 Å². The Morgan fingerprint density at radius 1 is 0.810 bits per heavy atom. The Morgan fingerprint density at radius 2 is 1.29 bits per heavy atom. The molecule has 0 aliphatic carbocycles. The van der Waals surface area contributed by atoms with Gasteiger partial charge in [-0.05, 0) is 80.0 Å². The summed E-state index contributed by atoms with van der Waals surface area (Å²) in [5, 5.41) is 4.62. The molecule has 2 amide bonds. The second kappa shape index (κ2) is 17.2. The molecule has 1 aliphatic rings. The fraction of sp³-hybridized carbons (Fsp3) is 0.562. The van der Waals surface area contributed by atoms with Crippen LogP contribution in [0.3, 0.4) is 0 Å². The number of nitrogens with two attached hydrogens (primary N) is 3. The Morgan fingerprint density at radius 3 is 1.76 bits per heavy atom. The number of carbonyl (C=O) groups is 2. The number of carbonyl (C=O) groups excluding carboxylic acids is 2. The number of hydrogen-bond acceptors (Lipinski definition) is 6. The topological polar surface area (TPSA) is 131 Å². The van der Waals surface area contributed by atoms with E-state index in [4.69, 9.17) is 40.4 Å². The molecule has 10 heteroatoms. The number of halogens is 2. The van der Waals surface area contributed by atoms with E-state index >= 15 is 0 Å². The number of hydrogen-bond donors (Lipinski definition) is 4. The summed E-state index contributed by atoms with van der Waals surface area (Å²) in [6.07, 6.45) is 4.25. The fourth-order valence-electron chi connectivity index (χ4n) is 5.69. The molecule has 0 spiro atoms. The first-order chi connectivity index (χ1) is 20.1. The molecule has 1 heterocycles. The number of nitrogens with one attached hydrogen (secondary N) is 1. The highest BCUT2D eigenvalue weighted by atomic mass is 35.5. The van der Waals surface area contributed by atoms with Crippen molar-refractivity contribution >= 4 is 35.0 Å². The van der Waals surface area contributed by atoms with Gasteiger partial charge in [0.15, 0.2) is 0 Å². The summed E-state index contributed by atoms with van der Waals surface area (Å²) in [4.78, 5) is 31.6. The Labute approximate surface area is 261 Å². The van der Waals surface area contributed by atoms with Crippen LogP contribution in [0.25, 0.3) is 0 Å². The van der Waals surface area contributed by atoms with Crippen molar-refractivity contribution in [3.8, 4) is 0 Å². The zero-order valence-electron chi connectivity index (χ0n) is 25.0. The third-order valence-electron chi connectivity index (χ3n) is 7.84. The molecule has 0 aromatic heterocycles. The summed E-state index contributed by atoms with van der Waals surface area (Å²) in [5.74, 6) is 0.174. The molecule has 1 fully saturated rings.